The minimum absolute atomic E-state index is 0. The van der Waals surface area contributed by atoms with Gasteiger partial charge in [0.15, 0.2) is 0 Å². The molecule has 3 heteroatoms. The van der Waals surface area contributed by atoms with E-state index in [-0.39, 0.29) is 23.9 Å². The zero-order valence-electron chi connectivity index (χ0n) is 6.45. The number of nitrogens with two attached hydrogens (primary N) is 1. The van der Waals surface area contributed by atoms with Gasteiger partial charge in [0.2, 0.25) is 0 Å². The van der Waals surface area contributed by atoms with E-state index in [0.717, 1.165) is 0 Å². The van der Waals surface area contributed by atoms with Gasteiger partial charge in [-0.15, -0.1) is 12.4 Å². The second-order valence-corrected chi connectivity index (χ2v) is 2.20. The molecule has 1 aromatic rings. The van der Waals surface area contributed by atoms with Crippen molar-refractivity contribution in [3.05, 3.63) is 35.9 Å². The van der Waals surface area contributed by atoms with Gasteiger partial charge in [0.25, 0.3) is 0 Å². The molecule has 0 fully saturated rings. The highest BCUT2D eigenvalue weighted by atomic mass is 35.5. The molecule has 0 amide bonds. The van der Waals surface area contributed by atoms with Crippen LogP contribution in [0.3, 0.4) is 0 Å². The molecule has 1 atom stereocenters. The van der Waals surface area contributed by atoms with Crippen LogP contribution in [0.4, 0.5) is 0 Å². The molecule has 64 valence electrons. The van der Waals surface area contributed by atoms with Gasteiger partial charge in [0.05, 0.1) is 0 Å². The van der Waals surface area contributed by atoms with Gasteiger partial charge in [-0.25, -0.2) is 0 Å². The predicted octanol–water partition coefficient (Wildman–Crippen LogP) is 1.30. The maximum atomic E-state index is 5.61. The summed E-state index contributed by atoms with van der Waals surface area (Å²) >= 11 is 0. The predicted molar refractivity (Wildman–Crippen MR) is 49.9 cm³/mol. The Balaban J connectivity index is 0. The van der Waals surface area contributed by atoms with E-state index in [1.165, 1.54) is 5.56 Å². The van der Waals surface area contributed by atoms with Crippen molar-refractivity contribution in [1.29, 1.82) is 0 Å². The number of hydrogen-bond donors (Lipinski definition) is 1. The Morgan fingerprint density at radius 3 is 1.91 bits per heavy atom. The summed E-state index contributed by atoms with van der Waals surface area (Å²) in [4.78, 5) is 0. The van der Waals surface area contributed by atoms with E-state index in [2.05, 4.69) is 0 Å². The lowest BCUT2D eigenvalue weighted by molar-refractivity contribution is 0.818. The van der Waals surface area contributed by atoms with Crippen LogP contribution in [0.15, 0.2) is 30.3 Å². The molecule has 0 bridgehead atoms. The Bertz CT molecular complexity index is 177. The Morgan fingerprint density at radius 2 is 1.64 bits per heavy atom. The summed E-state index contributed by atoms with van der Waals surface area (Å²) in [6.07, 6.45) is 0. The molecule has 0 radical (unpaired) electrons. The number of rotatable bonds is 1. The maximum absolute atomic E-state index is 5.61. The average Bonchev–Trinajstić information content (AvgIpc) is 1.90. The van der Waals surface area contributed by atoms with Gasteiger partial charge in [-0.1, -0.05) is 30.3 Å². The van der Waals surface area contributed by atoms with Gasteiger partial charge in [0.1, 0.15) is 0 Å². The van der Waals surface area contributed by atoms with Crippen molar-refractivity contribution in [2.45, 2.75) is 13.0 Å². The number of hydrogen-bond acceptors (Lipinski definition) is 1. The molecule has 0 spiro atoms. The summed E-state index contributed by atoms with van der Waals surface area (Å²) < 4.78 is 0. The molecule has 0 aliphatic carbocycles. The standard InChI is InChI=1S/C8H11N.ClH.H2O/c1-7(9)8-5-3-2-4-6-8;;/h2-7H,9H2,1H3;1H;1H2. The van der Waals surface area contributed by atoms with Crippen LogP contribution in [0.25, 0.3) is 0 Å². The first kappa shape index (κ1) is 13.1. The van der Waals surface area contributed by atoms with Gasteiger partial charge in [-0.2, -0.15) is 0 Å². The summed E-state index contributed by atoms with van der Waals surface area (Å²) in [5.74, 6) is 0. The Kier molecular flexibility index (Phi) is 7.31. The summed E-state index contributed by atoms with van der Waals surface area (Å²) in [5, 5.41) is 0. The second kappa shape index (κ2) is 6.16. The molecule has 11 heavy (non-hydrogen) atoms. The second-order valence-electron chi connectivity index (χ2n) is 2.20. The summed E-state index contributed by atoms with van der Waals surface area (Å²) in [6, 6.07) is 10.2. The first-order chi connectivity index (χ1) is 4.30. The lowest BCUT2D eigenvalue weighted by atomic mass is 10.1. The fourth-order valence-corrected chi connectivity index (χ4v) is 0.757. The fraction of sp³-hybridized carbons (Fsp3) is 0.250. The van der Waals surface area contributed by atoms with Crippen molar-refractivity contribution in [2.24, 2.45) is 5.73 Å². The van der Waals surface area contributed by atoms with Crippen molar-refractivity contribution in [3.63, 3.8) is 0 Å². The van der Waals surface area contributed by atoms with E-state index < -0.39 is 0 Å². The number of benzene rings is 1. The third-order valence-electron chi connectivity index (χ3n) is 1.33. The molecule has 0 aliphatic heterocycles. The van der Waals surface area contributed by atoms with Gasteiger partial charge >= 0.3 is 0 Å². The molecule has 0 saturated heterocycles. The Hall–Kier alpha value is -0.570. The van der Waals surface area contributed by atoms with Gasteiger partial charge in [-0.3, -0.25) is 0 Å². The minimum Gasteiger partial charge on any atom is -0.412 e. The molecule has 0 aromatic heterocycles. The molecule has 0 saturated carbocycles. The molecule has 0 aliphatic rings. The van der Waals surface area contributed by atoms with Crippen LogP contribution < -0.4 is 5.73 Å². The third kappa shape index (κ3) is 3.98. The molecule has 0 heterocycles. The maximum Gasteiger partial charge on any atom is 0.0266 e. The molecule has 2 nitrogen and oxygen atoms in total. The highest BCUT2D eigenvalue weighted by molar-refractivity contribution is 5.85. The van der Waals surface area contributed by atoms with Crippen LogP contribution >= 0.6 is 12.4 Å². The van der Waals surface area contributed by atoms with E-state index in [1.54, 1.807) is 0 Å². The van der Waals surface area contributed by atoms with Crippen LogP contribution in [0.5, 0.6) is 0 Å². The van der Waals surface area contributed by atoms with E-state index in [4.69, 9.17) is 5.73 Å². The third-order valence-corrected chi connectivity index (χ3v) is 1.33. The van der Waals surface area contributed by atoms with E-state index in [9.17, 15) is 0 Å². The molecule has 1 rings (SSSR count). The summed E-state index contributed by atoms with van der Waals surface area (Å²) in [7, 11) is 0. The summed E-state index contributed by atoms with van der Waals surface area (Å²) in [6.45, 7) is 1.98. The quantitative estimate of drug-likeness (QED) is 0.688. The fourth-order valence-electron chi connectivity index (χ4n) is 0.757. The van der Waals surface area contributed by atoms with E-state index in [0.29, 0.717) is 0 Å². The lowest BCUT2D eigenvalue weighted by Crippen LogP contribution is -2.03. The number of halogens is 1. The first-order valence-electron chi connectivity index (χ1n) is 3.11. The zero-order chi connectivity index (χ0) is 6.69. The highest BCUT2D eigenvalue weighted by Gasteiger charge is 1.93. The van der Waals surface area contributed by atoms with E-state index in [1.807, 2.05) is 37.3 Å². The van der Waals surface area contributed by atoms with Crippen LogP contribution in [0, 0.1) is 0 Å². The van der Waals surface area contributed by atoms with Crippen molar-refractivity contribution in [3.8, 4) is 0 Å². The van der Waals surface area contributed by atoms with Crippen molar-refractivity contribution < 1.29 is 5.48 Å². The molecule has 4 N–H and O–H groups in total. The van der Waals surface area contributed by atoms with Crippen LogP contribution in [-0.4, -0.2) is 5.48 Å². The highest BCUT2D eigenvalue weighted by Crippen LogP contribution is 2.06. The topological polar surface area (TPSA) is 57.5 Å². The van der Waals surface area contributed by atoms with Crippen LogP contribution in [-0.2, 0) is 0 Å². The molecular formula is C8H14ClNO. The van der Waals surface area contributed by atoms with Gasteiger partial charge < -0.3 is 11.2 Å². The van der Waals surface area contributed by atoms with Crippen molar-refractivity contribution in [1.82, 2.24) is 0 Å². The normalized spacial score (nSPS) is 10.7. The first-order valence-corrected chi connectivity index (χ1v) is 3.11. The molecule has 1 unspecified atom stereocenters. The smallest absolute Gasteiger partial charge is 0.0266 e. The average molecular weight is 176 g/mol. The van der Waals surface area contributed by atoms with E-state index >= 15 is 0 Å². The molecule has 1 aromatic carbocycles. The van der Waals surface area contributed by atoms with Crippen LogP contribution in [0.2, 0.25) is 0 Å². The Labute approximate surface area is 73.1 Å². The van der Waals surface area contributed by atoms with Gasteiger partial charge in [0, 0.05) is 6.04 Å². The Morgan fingerprint density at radius 1 is 1.18 bits per heavy atom. The van der Waals surface area contributed by atoms with Gasteiger partial charge in [-0.05, 0) is 12.5 Å². The largest absolute Gasteiger partial charge is 0.412 e. The molecular weight excluding hydrogens is 162 g/mol. The SMILES string of the molecule is CC(N)c1ccccc1.Cl.O. The summed E-state index contributed by atoms with van der Waals surface area (Å²) in [5.41, 5.74) is 6.81. The van der Waals surface area contributed by atoms with Crippen LogP contribution in [0.1, 0.15) is 18.5 Å². The zero-order valence-corrected chi connectivity index (χ0v) is 7.27. The van der Waals surface area contributed by atoms with Crippen molar-refractivity contribution >= 4 is 12.4 Å². The monoisotopic (exact) mass is 175 g/mol. The van der Waals surface area contributed by atoms with Crippen molar-refractivity contribution in [2.75, 3.05) is 0 Å². The minimum atomic E-state index is 0. The lowest BCUT2D eigenvalue weighted by Gasteiger charge is -2.02.